The van der Waals surface area contributed by atoms with Crippen LogP contribution in [-0.4, -0.2) is 0 Å². The molecule has 122 valence electrons. The van der Waals surface area contributed by atoms with Crippen molar-refractivity contribution in [2.45, 2.75) is 30.4 Å². The molecule has 0 bridgehead atoms. The molecule has 2 aliphatic rings. The van der Waals surface area contributed by atoms with Crippen molar-refractivity contribution in [2.24, 2.45) is 0 Å². The number of hydrogen-bond donors (Lipinski definition) is 0. The Labute approximate surface area is 168 Å². The Morgan fingerprint density at radius 1 is 0.917 bits per heavy atom. The van der Waals surface area contributed by atoms with Gasteiger partial charge in [-0.3, -0.25) is 0 Å². The Hall–Kier alpha value is -0.630. The Morgan fingerprint density at radius 2 is 1.67 bits per heavy atom. The van der Waals surface area contributed by atoms with Crippen molar-refractivity contribution in [1.29, 1.82) is 0 Å². The molecule has 0 aromatic heterocycles. The molecule has 0 unspecified atom stereocenters. The number of fused-ring (bicyclic) bond motifs is 3. The van der Waals surface area contributed by atoms with Crippen LogP contribution in [-0.2, 0) is 29.3 Å². The molecule has 0 saturated carbocycles. The molecule has 0 saturated heterocycles. The van der Waals surface area contributed by atoms with E-state index in [1.54, 1.807) is 14.4 Å². The van der Waals surface area contributed by atoms with Crippen molar-refractivity contribution >= 4 is 8.89 Å². The van der Waals surface area contributed by atoms with Gasteiger partial charge in [0, 0.05) is 0 Å². The van der Waals surface area contributed by atoms with Crippen LogP contribution in [0, 0.1) is 0 Å². The summed E-state index contributed by atoms with van der Waals surface area (Å²) in [6.45, 7) is 4.82. The SMILES string of the molecule is C[CH](C)[Hf+2][c]1c(C2=CC=CC2)ccc2c1Cc1ccccc1-2.[Cl-].[Cl-]. The first kappa shape index (κ1) is 19.7. The predicted molar refractivity (Wildman–Crippen MR) is 91.2 cm³/mol. The van der Waals surface area contributed by atoms with Crippen LogP contribution >= 0.6 is 0 Å². The molecule has 0 spiro atoms. The molecule has 3 heteroatoms. The Kier molecular flexibility index (Phi) is 6.70. The van der Waals surface area contributed by atoms with Crippen molar-refractivity contribution in [2.75, 3.05) is 0 Å². The van der Waals surface area contributed by atoms with Crippen molar-refractivity contribution in [1.82, 2.24) is 0 Å². The van der Waals surface area contributed by atoms with Gasteiger partial charge in [-0.25, -0.2) is 0 Å². The van der Waals surface area contributed by atoms with E-state index < -0.39 is 22.9 Å². The summed E-state index contributed by atoms with van der Waals surface area (Å²) in [7, 11) is 0. The molecule has 0 amide bonds. The van der Waals surface area contributed by atoms with Gasteiger partial charge in [-0.15, -0.1) is 0 Å². The largest absolute Gasteiger partial charge is 1.00 e. The predicted octanol–water partition coefficient (Wildman–Crippen LogP) is -0.855. The van der Waals surface area contributed by atoms with Crippen LogP contribution in [0.3, 0.4) is 0 Å². The molecule has 0 atom stereocenters. The van der Waals surface area contributed by atoms with Crippen LogP contribution in [0.2, 0.25) is 3.67 Å². The van der Waals surface area contributed by atoms with Gasteiger partial charge in [0.15, 0.2) is 0 Å². The third-order valence-electron chi connectivity index (χ3n) is 4.54. The maximum Gasteiger partial charge on any atom is -1.00 e. The molecule has 2 aliphatic carbocycles. The van der Waals surface area contributed by atoms with Gasteiger partial charge in [0.1, 0.15) is 0 Å². The summed E-state index contributed by atoms with van der Waals surface area (Å²) in [6.07, 6.45) is 9.07. The summed E-state index contributed by atoms with van der Waals surface area (Å²) in [5.41, 5.74) is 9.24. The van der Waals surface area contributed by atoms with Gasteiger partial charge < -0.3 is 24.8 Å². The quantitative estimate of drug-likeness (QED) is 0.394. The summed E-state index contributed by atoms with van der Waals surface area (Å²) in [6, 6.07) is 13.7. The molecule has 2 aromatic carbocycles. The normalized spacial score (nSPS) is 13.5. The minimum Gasteiger partial charge on any atom is -1.00 e. The maximum absolute atomic E-state index is 2.41. The maximum atomic E-state index is 2.41. The molecule has 0 aliphatic heterocycles. The van der Waals surface area contributed by atoms with Crippen LogP contribution < -0.4 is 28.1 Å². The van der Waals surface area contributed by atoms with Gasteiger partial charge in [0.2, 0.25) is 0 Å². The van der Waals surface area contributed by atoms with Crippen molar-refractivity contribution in [3.63, 3.8) is 0 Å². The second kappa shape index (κ2) is 8.17. The van der Waals surface area contributed by atoms with E-state index in [0.29, 0.717) is 0 Å². The fourth-order valence-corrected chi connectivity index (χ4v) is 8.52. The zero-order valence-electron chi connectivity index (χ0n) is 13.9. The number of benzene rings is 2. The number of hydrogen-bond acceptors (Lipinski definition) is 0. The summed E-state index contributed by atoms with van der Waals surface area (Å²) in [5, 5.41) is 0. The van der Waals surface area contributed by atoms with E-state index in [1.807, 2.05) is 0 Å². The van der Waals surface area contributed by atoms with E-state index in [4.69, 9.17) is 0 Å². The van der Waals surface area contributed by atoms with Gasteiger partial charge in [0.25, 0.3) is 0 Å². The summed E-state index contributed by atoms with van der Waals surface area (Å²) in [5.74, 6) is 0. The third kappa shape index (κ3) is 3.50. The average molecular weight is 522 g/mol. The topological polar surface area (TPSA) is 0 Å². The molecule has 4 rings (SSSR count). The average Bonchev–Trinajstić information content (AvgIpc) is 3.14. The zero-order chi connectivity index (χ0) is 15.1. The Morgan fingerprint density at radius 3 is 2.38 bits per heavy atom. The molecule has 2 aromatic rings. The van der Waals surface area contributed by atoms with Crippen molar-refractivity contribution in [3.05, 3.63) is 71.3 Å². The molecule has 0 radical (unpaired) electrons. The fraction of sp³-hybridized carbons (Fsp3) is 0.238. The molecule has 0 N–H and O–H groups in total. The number of allylic oxidation sites excluding steroid dienone is 4. The van der Waals surface area contributed by atoms with Crippen LogP contribution in [0.1, 0.15) is 37.0 Å². The monoisotopic (exact) mass is 522 g/mol. The Balaban J connectivity index is 0.00000104. The van der Waals surface area contributed by atoms with Crippen LogP contribution in [0.5, 0.6) is 0 Å². The van der Waals surface area contributed by atoms with Crippen LogP contribution in [0.15, 0.2) is 54.6 Å². The second-order valence-corrected chi connectivity index (χ2v) is 13.5. The molecule has 0 heterocycles. The summed E-state index contributed by atoms with van der Waals surface area (Å²) < 4.78 is 2.66. The van der Waals surface area contributed by atoms with Crippen molar-refractivity contribution < 1.29 is 47.7 Å². The Bertz CT molecular complexity index is 803. The van der Waals surface area contributed by atoms with Gasteiger partial charge in [-0.1, -0.05) is 0 Å². The van der Waals surface area contributed by atoms with E-state index in [-0.39, 0.29) is 24.8 Å². The first-order chi connectivity index (χ1) is 10.7. The van der Waals surface area contributed by atoms with Gasteiger partial charge in [-0.2, -0.15) is 0 Å². The van der Waals surface area contributed by atoms with Gasteiger partial charge >= 0.3 is 145 Å². The summed E-state index contributed by atoms with van der Waals surface area (Å²) >= 11 is -0.810. The van der Waals surface area contributed by atoms with Gasteiger partial charge in [-0.05, 0) is 0 Å². The minimum atomic E-state index is -0.810. The standard InChI is InChI=1S/C18H13.C3H7.2ClH.Hf/c1-2-6-13(5-1)14-9-10-18-16(11-14)12-15-7-3-4-8-17(15)18;1-3-2;;;/h1-5,7-10H,6,12H2;3H,1-2H3;2*1H;/q;;;;+2/p-2. The van der Waals surface area contributed by atoms with Crippen molar-refractivity contribution in [3.8, 4) is 11.1 Å². The zero-order valence-corrected chi connectivity index (χ0v) is 19.0. The third-order valence-corrected chi connectivity index (χ3v) is 9.70. The fourth-order valence-electron chi connectivity index (χ4n) is 3.58. The molecule has 0 nitrogen and oxygen atoms in total. The molecular formula is C21H20Cl2Hf. The second-order valence-electron chi connectivity index (χ2n) is 6.47. The van der Waals surface area contributed by atoms with Crippen LogP contribution in [0.4, 0.5) is 0 Å². The van der Waals surface area contributed by atoms with E-state index >= 15 is 0 Å². The molecule has 24 heavy (non-hydrogen) atoms. The molecular weight excluding hydrogens is 502 g/mol. The smallest absolute Gasteiger partial charge is 1.00 e. The number of halogens is 2. The minimum absolute atomic E-state index is 0. The van der Waals surface area contributed by atoms with Crippen LogP contribution in [0.25, 0.3) is 16.7 Å². The summed E-state index contributed by atoms with van der Waals surface area (Å²) in [4.78, 5) is 0. The van der Waals surface area contributed by atoms with E-state index in [9.17, 15) is 0 Å². The molecule has 0 fully saturated rings. The van der Waals surface area contributed by atoms with E-state index in [2.05, 4.69) is 68.5 Å². The first-order valence-corrected chi connectivity index (χ1v) is 12.0. The number of rotatable bonds is 3. The van der Waals surface area contributed by atoms with E-state index in [0.717, 1.165) is 16.5 Å². The van der Waals surface area contributed by atoms with E-state index in [1.165, 1.54) is 22.3 Å². The first-order valence-electron chi connectivity index (χ1n) is 8.11. The van der Waals surface area contributed by atoms with Gasteiger partial charge in [0.05, 0.1) is 0 Å².